The van der Waals surface area contributed by atoms with Gasteiger partial charge >= 0.3 is 0 Å². The Bertz CT molecular complexity index is 551. The van der Waals surface area contributed by atoms with Crippen molar-refractivity contribution < 1.29 is 0 Å². The Morgan fingerprint density at radius 1 is 1.28 bits per heavy atom. The number of halogens is 2. The zero-order valence-corrected chi connectivity index (χ0v) is 11.8. The van der Waals surface area contributed by atoms with Gasteiger partial charge in [-0.3, -0.25) is 0 Å². The number of aromatic nitrogens is 4. The highest BCUT2D eigenvalue weighted by Gasteiger charge is 2.11. The highest BCUT2D eigenvalue weighted by atomic mass is 35.5. The van der Waals surface area contributed by atoms with Crippen molar-refractivity contribution in [3.63, 3.8) is 0 Å². The summed E-state index contributed by atoms with van der Waals surface area (Å²) < 4.78 is 1.76. The minimum Gasteiger partial charge on any atom is -0.235 e. The average Bonchev–Trinajstić information content (AvgIpc) is 2.82. The molecule has 0 fully saturated rings. The summed E-state index contributed by atoms with van der Waals surface area (Å²) in [6.45, 7) is 4.07. The number of pyridine rings is 1. The van der Waals surface area contributed by atoms with Crippen molar-refractivity contribution in [2.45, 2.75) is 32.6 Å². The van der Waals surface area contributed by atoms with Crippen molar-refractivity contribution in [1.29, 1.82) is 0 Å². The second-order valence-electron chi connectivity index (χ2n) is 3.83. The van der Waals surface area contributed by atoms with Crippen LogP contribution in [0, 0.1) is 0 Å². The summed E-state index contributed by atoms with van der Waals surface area (Å²) in [6.07, 6.45) is 3.20. The molecule has 2 aromatic heterocycles. The molecule has 0 atom stereocenters. The Hall–Kier alpha value is -1.13. The topological polar surface area (TPSA) is 43.6 Å². The average molecular weight is 285 g/mol. The summed E-state index contributed by atoms with van der Waals surface area (Å²) in [7, 11) is 0. The number of hydrogen-bond acceptors (Lipinski definition) is 3. The highest BCUT2D eigenvalue weighted by molar-refractivity contribution is 6.32. The smallest absolute Gasteiger partial charge is 0.155 e. The molecule has 0 amide bonds. The van der Waals surface area contributed by atoms with Gasteiger partial charge in [-0.1, -0.05) is 25.4 Å². The van der Waals surface area contributed by atoms with Crippen LogP contribution >= 0.6 is 23.2 Å². The first-order chi connectivity index (χ1) is 8.69. The van der Waals surface area contributed by atoms with Crippen LogP contribution in [-0.4, -0.2) is 19.7 Å². The predicted octanol–water partition coefficient (Wildman–Crippen LogP) is 3.18. The van der Waals surface area contributed by atoms with Crippen molar-refractivity contribution in [2.75, 3.05) is 0 Å². The molecular formula is C12H14Cl2N4. The number of nitrogens with zero attached hydrogens (tertiary/aromatic N) is 4. The van der Waals surface area contributed by atoms with Gasteiger partial charge in [-0.05, 0) is 11.6 Å². The Kier molecular flexibility index (Phi) is 4.19. The summed E-state index contributed by atoms with van der Waals surface area (Å²) in [5, 5.41) is 5.00. The van der Waals surface area contributed by atoms with Gasteiger partial charge in [0.15, 0.2) is 11.6 Å². The van der Waals surface area contributed by atoms with Crippen LogP contribution in [0.5, 0.6) is 0 Å². The molecule has 6 heteroatoms. The lowest BCUT2D eigenvalue weighted by molar-refractivity contribution is 0.768. The van der Waals surface area contributed by atoms with E-state index in [0.29, 0.717) is 16.7 Å². The maximum absolute atomic E-state index is 6.00. The van der Waals surface area contributed by atoms with Gasteiger partial charge in [0.25, 0.3) is 0 Å². The van der Waals surface area contributed by atoms with Crippen LogP contribution in [0.4, 0.5) is 0 Å². The molecule has 2 rings (SSSR count). The van der Waals surface area contributed by atoms with E-state index in [1.165, 1.54) is 0 Å². The molecule has 2 aromatic rings. The van der Waals surface area contributed by atoms with Crippen LogP contribution in [-0.2, 0) is 18.7 Å². The number of alkyl halides is 1. The highest BCUT2D eigenvalue weighted by Crippen LogP contribution is 2.20. The Balaban J connectivity index is 2.50. The van der Waals surface area contributed by atoms with Crippen LogP contribution in [0.3, 0.4) is 0 Å². The van der Waals surface area contributed by atoms with Crippen LogP contribution < -0.4 is 0 Å². The van der Waals surface area contributed by atoms with Gasteiger partial charge in [0.2, 0.25) is 0 Å². The van der Waals surface area contributed by atoms with Crippen LogP contribution in [0.1, 0.15) is 31.1 Å². The SMILES string of the molecule is CCc1nc(CC)n(-c2cc(CCl)c(Cl)cn2)n1. The molecule has 0 unspecified atom stereocenters. The third-order valence-electron chi connectivity index (χ3n) is 2.63. The summed E-state index contributed by atoms with van der Waals surface area (Å²) in [5.41, 5.74) is 0.846. The molecule has 0 aliphatic heterocycles. The molecule has 0 aromatic carbocycles. The molecule has 4 nitrogen and oxygen atoms in total. The van der Waals surface area contributed by atoms with E-state index < -0.39 is 0 Å². The van der Waals surface area contributed by atoms with Gasteiger partial charge < -0.3 is 0 Å². The molecular weight excluding hydrogens is 271 g/mol. The third kappa shape index (κ3) is 2.49. The molecule has 0 saturated carbocycles. The molecule has 96 valence electrons. The van der Waals surface area contributed by atoms with Crippen LogP contribution in [0.2, 0.25) is 5.02 Å². The van der Waals surface area contributed by atoms with E-state index in [1.54, 1.807) is 10.9 Å². The van der Waals surface area contributed by atoms with Gasteiger partial charge in [0, 0.05) is 24.9 Å². The largest absolute Gasteiger partial charge is 0.235 e. The van der Waals surface area contributed by atoms with Crippen LogP contribution in [0.25, 0.3) is 5.82 Å². The molecule has 18 heavy (non-hydrogen) atoms. The standard InChI is InChI=1S/C12H14Cl2N4/c1-3-10-16-11(4-2)18(17-10)12-5-8(6-13)9(14)7-15-12/h5,7H,3-4,6H2,1-2H3. The van der Waals surface area contributed by atoms with Crippen LogP contribution in [0.15, 0.2) is 12.3 Å². The van der Waals surface area contributed by atoms with E-state index in [0.717, 1.165) is 30.1 Å². The zero-order chi connectivity index (χ0) is 13.1. The molecule has 2 heterocycles. The van der Waals surface area contributed by atoms with Crippen molar-refractivity contribution in [3.8, 4) is 5.82 Å². The summed E-state index contributed by atoms with van der Waals surface area (Å²) >= 11 is 11.8. The molecule has 0 saturated heterocycles. The first kappa shape index (κ1) is 13.3. The van der Waals surface area contributed by atoms with Gasteiger partial charge in [-0.2, -0.15) is 4.68 Å². The summed E-state index contributed by atoms with van der Waals surface area (Å²) in [4.78, 5) is 8.73. The number of rotatable bonds is 4. The molecule has 0 spiro atoms. The number of hydrogen-bond donors (Lipinski definition) is 0. The molecule has 0 N–H and O–H groups in total. The molecule has 0 radical (unpaired) electrons. The molecule has 0 bridgehead atoms. The number of aryl methyl sites for hydroxylation is 2. The quantitative estimate of drug-likeness (QED) is 0.810. The van der Waals surface area contributed by atoms with E-state index >= 15 is 0 Å². The minimum atomic E-state index is 0.352. The van der Waals surface area contributed by atoms with E-state index in [-0.39, 0.29) is 0 Å². The fourth-order valence-corrected chi connectivity index (χ4v) is 2.10. The van der Waals surface area contributed by atoms with E-state index in [1.807, 2.05) is 19.9 Å². The lowest BCUT2D eigenvalue weighted by Crippen LogP contribution is -2.05. The van der Waals surface area contributed by atoms with Crippen molar-refractivity contribution in [3.05, 3.63) is 34.5 Å². The fraction of sp³-hybridized carbons (Fsp3) is 0.417. The van der Waals surface area contributed by atoms with E-state index in [9.17, 15) is 0 Å². The van der Waals surface area contributed by atoms with Crippen molar-refractivity contribution in [1.82, 2.24) is 19.7 Å². The first-order valence-electron chi connectivity index (χ1n) is 5.85. The van der Waals surface area contributed by atoms with Crippen molar-refractivity contribution in [2.24, 2.45) is 0 Å². The van der Waals surface area contributed by atoms with Crippen molar-refractivity contribution >= 4 is 23.2 Å². The van der Waals surface area contributed by atoms with Gasteiger partial charge in [-0.25, -0.2) is 9.97 Å². The normalized spacial score (nSPS) is 10.9. The van der Waals surface area contributed by atoms with Gasteiger partial charge in [0.05, 0.1) is 5.02 Å². The maximum atomic E-state index is 6.00. The maximum Gasteiger partial charge on any atom is 0.155 e. The third-order valence-corrected chi connectivity index (χ3v) is 3.26. The Morgan fingerprint density at radius 3 is 2.67 bits per heavy atom. The van der Waals surface area contributed by atoms with E-state index in [2.05, 4.69) is 15.1 Å². The predicted molar refractivity (Wildman–Crippen MR) is 72.5 cm³/mol. The second kappa shape index (κ2) is 5.67. The Labute approximate surface area is 116 Å². The fourth-order valence-electron chi connectivity index (χ4n) is 1.64. The summed E-state index contributed by atoms with van der Waals surface area (Å²) in [6, 6.07) is 1.85. The monoisotopic (exact) mass is 284 g/mol. The minimum absolute atomic E-state index is 0.352. The summed E-state index contributed by atoms with van der Waals surface area (Å²) in [5.74, 6) is 2.77. The molecule has 0 aliphatic carbocycles. The van der Waals surface area contributed by atoms with Gasteiger partial charge in [-0.15, -0.1) is 16.7 Å². The second-order valence-corrected chi connectivity index (χ2v) is 4.51. The van der Waals surface area contributed by atoms with E-state index in [4.69, 9.17) is 23.2 Å². The van der Waals surface area contributed by atoms with Gasteiger partial charge in [0.1, 0.15) is 5.82 Å². The zero-order valence-electron chi connectivity index (χ0n) is 10.3. The molecule has 0 aliphatic rings. The Morgan fingerprint density at radius 2 is 2.06 bits per heavy atom. The lowest BCUT2D eigenvalue weighted by atomic mass is 10.3. The lowest BCUT2D eigenvalue weighted by Gasteiger charge is -2.06. The first-order valence-corrected chi connectivity index (χ1v) is 6.76.